The molecular weight excluding hydrogens is 326 g/mol. The van der Waals surface area contributed by atoms with Crippen LogP contribution in [-0.2, 0) is 34.3 Å². The van der Waals surface area contributed by atoms with Gasteiger partial charge in [-0.3, -0.25) is 0 Å². The summed E-state index contributed by atoms with van der Waals surface area (Å²) in [7, 11) is -1.92. The van der Waals surface area contributed by atoms with E-state index >= 15 is 0 Å². The molecule has 0 bridgehead atoms. The number of fused-ring (bicyclic) bond motifs is 1. The summed E-state index contributed by atoms with van der Waals surface area (Å²) in [6.07, 6.45) is 4.49. The van der Waals surface area contributed by atoms with Crippen molar-refractivity contribution in [1.29, 1.82) is 0 Å². The quantitative estimate of drug-likeness (QED) is 0.827. The Bertz CT molecular complexity index is 784. The van der Waals surface area contributed by atoms with Crippen LogP contribution in [0.5, 0.6) is 0 Å². The Morgan fingerprint density at radius 1 is 1.25 bits per heavy atom. The zero-order valence-corrected chi connectivity index (χ0v) is 14.9. The summed E-state index contributed by atoms with van der Waals surface area (Å²) in [5.41, 5.74) is 1.12. The predicted molar refractivity (Wildman–Crippen MR) is 91.0 cm³/mol. The smallest absolute Gasteiger partial charge is 0.243 e. The number of nitrogens with zero attached hydrogens (tertiary/aromatic N) is 3. The topological polar surface area (TPSA) is 64.4 Å². The first kappa shape index (κ1) is 17.1. The molecule has 1 aromatic carbocycles. The normalized spacial score (nSPS) is 19.0. The number of hydrogen-bond acceptors (Lipinski definition) is 4. The maximum Gasteiger partial charge on any atom is 0.243 e. The molecule has 1 atom stereocenters. The summed E-state index contributed by atoms with van der Waals surface area (Å²) in [6.45, 7) is 3.98. The van der Waals surface area contributed by atoms with Crippen molar-refractivity contribution >= 4 is 10.0 Å². The molecule has 0 amide bonds. The van der Waals surface area contributed by atoms with Crippen molar-refractivity contribution in [2.75, 3.05) is 20.3 Å². The summed E-state index contributed by atoms with van der Waals surface area (Å²) in [5.74, 6) is 0.859. The molecule has 1 aromatic heterocycles. The Balaban J connectivity index is 1.93. The van der Waals surface area contributed by atoms with Gasteiger partial charge < -0.3 is 9.30 Å². The van der Waals surface area contributed by atoms with E-state index in [1.165, 1.54) is 4.31 Å². The molecule has 130 valence electrons. The van der Waals surface area contributed by atoms with Crippen molar-refractivity contribution in [2.24, 2.45) is 5.92 Å². The number of benzene rings is 1. The van der Waals surface area contributed by atoms with Crippen molar-refractivity contribution < 1.29 is 13.2 Å². The fourth-order valence-electron chi connectivity index (χ4n) is 3.07. The van der Waals surface area contributed by atoms with Gasteiger partial charge in [-0.1, -0.05) is 19.1 Å². The van der Waals surface area contributed by atoms with Gasteiger partial charge in [0, 0.05) is 38.5 Å². The highest BCUT2D eigenvalue weighted by Crippen LogP contribution is 2.23. The second kappa shape index (κ2) is 7.04. The van der Waals surface area contributed by atoms with Gasteiger partial charge in [0.25, 0.3) is 0 Å². The van der Waals surface area contributed by atoms with Crippen molar-refractivity contribution in [3.63, 3.8) is 0 Å². The number of sulfonamides is 1. The van der Waals surface area contributed by atoms with Crippen LogP contribution in [0.1, 0.15) is 18.3 Å². The number of imidazole rings is 1. The third kappa shape index (κ3) is 3.38. The van der Waals surface area contributed by atoms with Gasteiger partial charge in [-0.15, -0.1) is 0 Å². The van der Waals surface area contributed by atoms with E-state index in [2.05, 4.69) is 4.98 Å². The van der Waals surface area contributed by atoms with Crippen molar-refractivity contribution in [3.8, 4) is 0 Å². The van der Waals surface area contributed by atoms with E-state index in [0.29, 0.717) is 24.6 Å². The molecule has 0 N–H and O–H groups in total. The van der Waals surface area contributed by atoms with Gasteiger partial charge in [0.2, 0.25) is 10.0 Å². The average Bonchev–Trinajstić information content (AvgIpc) is 2.93. The lowest BCUT2D eigenvalue weighted by Gasteiger charge is -2.23. The van der Waals surface area contributed by atoms with Crippen LogP contribution in [0.2, 0.25) is 0 Å². The van der Waals surface area contributed by atoms with E-state index in [1.807, 2.05) is 29.8 Å². The molecule has 24 heavy (non-hydrogen) atoms. The summed E-state index contributed by atoms with van der Waals surface area (Å²) in [5, 5.41) is 0. The minimum absolute atomic E-state index is 0.0927. The fourth-order valence-corrected chi connectivity index (χ4v) is 4.55. The van der Waals surface area contributed by atoms with Gasteiger partial charge in [-0.05, 0) is 24.1 Å². The van der Waals surface area contributed by atoms with Crippen LogP contribution in [-0.4, -0.2) is 42.5 Å². The molecule has 0 saturated carbocycles. The highest BCUT2D eigenvalue weighted by atomic mass is 32.2. The molecule has 2 aromatic rings. The lowest BCUT2D eigenvalue weighted by Crippen LogP contribution is -2.35. The maximum absolute atomic E-state index is 13.1. The van der Waals surface area contributed by atoms with Gasteiger partial charge in [-0.25, -0.2) is 13.4 Å². The highest BCUT2D eigenvalue weighted by Gasteiger charge is 2.31. The zero-order chi connectivity index (χ0) is 17.2. The Hall–Kier alpha value is -1.70. The fraction of sp³-hybridized carbons (Fsp3) is 0.471. The molecule has 0 radical (unpaired) electrons. The lowest BCUT2D eigenvalue weighted by molar-refractivity contribution is 0.135. The molecule has 2 heterocycles. The summed E-state index contributed by atoms with van der Waals surface area (Å²) >= 11 is 0. The zero-order valence-electron chi connectivity index (χ0n) is 14.1. The SMILES string of the molecule is CCc1ccc(S(=O)(=O)N2Cc3nccn3C[C@@H](COC)C2)cc1. The van der Waals surface area contributed by atoms with Crippen LogP contribution in [0.4, 0.5) is 0 Å². The van der Waals surface area contributed by atoms with Gasteiger partial charge in [-0.2, -0.15) is 4.31 Å². The van der Waals surface area contributed by atoms with Gasteiger partial charge >= 0.3 is 0 Å². The van der Waals surface area contributed by atoms with Crippen molar-refractivity contribution in [2.45, 2.75) is 31.3 Å². The van der Waals surface area contributed by atoms with Gasteiger partial charge in [0.1, 0.15) is 5.82 Å². The third-order valence-corrected chi connectivity index (χ3v) is 6.23. The third-order valence-electron chi connectivity index (χ3n) is 4.41. The molecule has 3 rings (SSSR count). The maximum atomic E-state index is 13.1. The second-order valence-corrected chi connectivity index (χ2v) is 8.05. The second-order valence-electron chi connectivity index (χ2n) is 6.11. The van der Waals surface area contributed by atoms with Gasteiger partial charge in [0.05, 0.1) is 18.0 Å². The van der Waals surface area contributed by atoms with E-state index in [4.69, 9.17) is 4.74 Å². The van der Waals surface area contributed by atoms with Crippen LogP contribution >= 0.6 is 0 Å². The first-order valence-electron chi connectivity index (χ1n) is 8.12. The van der Waals surface area contributed by atoms with E-state index in [0.717, 1.165) is 17.8 Å². The molecular formula is C17H23N3O3S. The minimum Gasteiger partial charge on any atom is -0.384 e. The first-order chi connectivity index (χ1) is 11.5. The predicted octanol–water partition coefficient (Wildman–Crippen LogP) is 1.91. The molecule has 1 aliphatic heterocycles. The molecule has 0 aliphatic carbocycles. The van der Waals surface area contributed by atoms with Crippen LogP contribution in [0, 0.1) is 5.92 Å². The monoisotopic (exact) mass is 349 g/mol. The van der Waals surface area contributed by atoms with Crippen LogP contribution < -0.4 is 0 Å². The number of methoxy groups -OCH3 is 1. The minimum atomic E-state index is -3.56. The Labute approximate surface area is 143 Å². The number of aromatic nitrogens is 2. The van der Waals surface area contributed by atoms with Crippen molar-refractivity contribution in [3.05, 3.63) is 48.0 Å². The van der Waals surface area contributed by atoms with E-state index < -0.39 is 10.0 Å². The molecule has 6 nitrogen and oxygen atoms in total. The lowest BCUT2D eigenvalue weighted by atomic mass is 10.1. The Morgan fingerprint density at radius 2 is 2.00 bits per heavy atom. The summed E-state index contributed by atoms with van der Waals surface area (Å²) < 4.78 is 34.9. The number of hydrogen-bond donors (Lipinski definition) is 0. The average molecular weight is 349 g/mol. The van der Waals surface area contributed by atoms with E-state index in [-0.39, 0.29) is 12.5 Å². The number of aryl methyl sites for hydroxylation is 1. The molecule has 0 unspecified atom stereocenters. The molecule has 0 saturated heterocycles. The van der Waals surface area contributed by atoms with Crippen LogP contribution in [0.15, 0.2) is 41.6 Å². The van der Waals surface area contributed by atoms with Gasteiger partial charge in [0.15, 0.2) is 0 Å². The van der Waals surface area contributed by atoms with E-state index in [1.54, 1.807) is 25.4 Å². The largest absolute Gasteiger partial charge is 0.384 e. The molecule has 1 aliphatic rings. The Morgan fingerprint density at radius 3 is 2.67 bits per heavy atom. The number of rotatable bonds is 5. The standard InChI is InChI=1S/C17H23N3O3S/c1-3-14-4-6-16(7-5-14)24(21,22)20-11-15(13-23-2)10-19-9-8-18-17(19)12-20/h4-9,15H,3,10-13H2,1-2H3/t15-/m1/s1. The van der Waals surface area contributed by atoms with Crippen LogP contribution in [0.25, 0.3) is 0 Å². The van der Waals surface area contributed by atoms with E-state index in [9.17, 15) is 8.42 Å². The molecule has 0 spiro atoms. The van der Waals surface area contributed by atoms with Crippen LogP contribution in [0.3, 0.4) is 0 Å². The number of ether oxygens (including phenoxy) is 1. The summed E-state index contributed by atoms with van der Waals surface area (Å²) in [6, 6.07) is 7.13. The Kier molecular flexibility index (Phi) is 5.03. The highest BCUT2D eigenvalue weighted by molar-refractivity contribution is 7.89. The summed E-state index contributed by atoms with van der Waals surface area (Å²) in [4.78, 5) is 4.64. The molecule has 7 heteroatoms. The molecule has 0 fully saturated rings. The van der Waals surface area contributed by atoms with Crippen molar-refractivity contribution in [1.82, 2.24) is 13.9 Å². The first-order valence-corrected chi connectivity index (χ1v) is 9.56.